The maximum atomic E-state index is 12.8. The van der Waals surface area contributed by atoms with Gasteiger partial charge in [-0.2, -0.15) is 0 Å². The molecule has 1 aromatic heterocycles. The molecule has 0 radical (unpaired) electrons. The number of methoxy groups -OCH3 is 2. The summed E-state index contributed by atoms with van der Waals surface area (Å²) in [6, 6.07) is 11.9. The van der Waals surface area contributed by atoms with Crippen LogP contribution in [0.1, 0.15) is 23.5 Å². The number of aromatic nitrogens is 1. The maximum Gasteiger partial charge on any atom is 0.222 e. The maximum absolute atomic E-state index is 12.8. The number of carbonyl (C=O) groups is 1. The Hall–Kier alpha value is -2.40. The number of hydrogen-bond acceptors (Lipinski definition) is 4. The predicted octanol–water partition coefficient (Wildman–Crippen LogP) is 2.91. The van der Waals surface area contributed by atoms with Crippen molar-refractivity contribution in [3.8, 4) is 5.75 Å². The molecule has 1 aliphatic rings. The number of carbonyl (C=O) groups excluding carboxylic acids is 1. The quantitative estimate of drug-likeness (QED) is 0.767. The molecule has 1 amide bonds. The summed E-state index contributed by atoms with van der Waals surface area (Å²) in [4.78, 5) is 18.9. The molecule has 1 aliphatic heterocycles. The second kappa shape index (κ2) is 8.81. The van der Waals surface area contributed by atoms with Gasteiger partial charge in [0.1, 0.15) is 5.75 Å². The molecule has 26 heavy (non-hydrogen) atoms. The van der Waals surface area contributed by atoms with Crippen molar-refractivity contribution in [3.63, 3.8) is 0 Å². The highest BCUT2D eigenvalue weighted by molar-refractivity contribution is 5.77. The fraction of sp³-hybridized carbons (Fsp3) is 0.429. The van der Waals surface area contributed by atoms with E-state index in [1.807, 2.05) is 53.7 Å². The molecule has 1 fully saturated rings. The van der Waals surface area contributed by atoms with E-state index in [2.05, 4.69) is 4.98 Å². The van der Waals surface area contributed by atoms with Gasteiger partial charge in [0.25, 0.3) is 0 Å². The van der Waals surface area contributed by atoms with Gasteiger partial charge in [-0.1, -0.05) is 18.2 Å². The Kier molecular flexibility index (Phi) is 6.23. The number of para-hydroxylation sites is 1. The van der Waals surface area contributed by atoms with Crippen LogP contribution in [0.3, 0.4) is 0 Å². The van der Waals surface area contributed by atoms with Gasteiger partial charge in [0.05, 0.1) is 13.7 Å². The average molecular weight is 354 g/mol. The molecule has 5 nitrogen and oxygen atoms in total. The number of pyridine rings is 1. The molecule has 3 rings (SSSR count). The fourth-order valence-corrected chi connectivity index (χ4v) is 3.76. The van der Waals surface area contributed by atoms with E-state index in [0.717, 1.165) is 24.4 Å². The lowest BCUT2D eigenvalue weighted by molar-refractivity contribution is -0.130. The summed E-state index contributed by atoms with van der Waals surface area (Å²) in [6.07, 6.45) is 4.80. The van der Waals surface area contributed by atoms with Crippen molar-refractivity contribution >= 4 is 5.91 Å². The molecule has 5 heteroatoms. The zero-order valence-electron chi connectivity index (χ0n) is 15.4. The highest BCUT2D eigenvalue weighted by atomic mass is 16.5. The summed E-state index contributed by atoms with van der Waals surface area (Å²) in [7, 11) is 3.38. The van der Waals surface area contributed by atoms with Crippen LogP contribution >= 0.6 is 0 Å². The van der Waals surface area contributed by atoms with Crippen LogP contribution in [0.25, 0.3) is 0 Å². The standard InChI is InChI=1S/C21H26N2O3/c1-25-15-18-13-23(14-19(18)16-9-11-22-12-10-16)21(24)8-7-17-5-3-4-6-20(17)26-2/h3-6,9-12,18-19H,7-8,13-15H2,1-2H3/t18-,19-/m0/s1. The third kappa shape index (κ3) is 4.22. The number of amides is 1. The van der Waals surface area contributed by atoms with Gasteiger partial charge >= 0.3 is 0 Å². The first kappa shape index (κ1) is 18.4. The van der Waals surface area contributed by atoms with E-state index in [1.165, 1.54) is 5.56 Å². The van der Waals surface area contributed by atoms with E-state index in [1.54, 1.807) is 14.2 Å². The first-order valence-electron chi connectivity index (χ1n) is 9.01. The molecule has 1 aromatic carbocycles. The lowest BCUT2D eigenvalue weighted by atomic mass is 9.90. The largest absolute Gasteiger partial charge is 0.496 e. The molecule has 2 heterocycles. The van der Waals surface area contributed by atoms with Crippen LogP contribution in [-0.2, 0) is 16.0 Å². The molecule has 0 saturated carbocycles. The molecule has 0 aliphatic carbocycles. The average Bonchev–Trinajstić information content (AvgIpc) is 3.11. The minimum atomic E-state index is 0.188. The van der Waals surface area contributed by atoms with Crippen molar-refractivity contribution in [2.45, 2.75) is 18.8 Å². The van der Waals surface area contributed by atoms with Crippen molar-refractivity contribution in [1.29, 1.82) is 0 Å². The topological polar surface area (TPSA) is 51.7 Å². The van der Waals surface area contributed by atoms with Gasteiger partial charge in [-0.05, 0) is 35.7 Å². The van der Waals surface area contributed by atoms with Crippen molar-refractivity contribution in [2.24, 2.45) is 5.92 Å². The Balaban J connectivity index is 1.64. The number of likely N-dealkylation sites (tertiary alicyclic amines) is 1. The summed E-state index contributed by atoms with van der Waals surface area (Å²) in [6.45, 7) is 2.14. The third-order valence-electron chi connectivity index (χ3n) is 5.11. The zero-order chi connectivity index (χ0) is 18.4. The van der Waals surface area contributed by atoms with Crippen molar-refractivity contribution in [3.05, 3.63) is 59.9 Å². The molecule has 2 atom stereocenters. The molecular formula is C21H26N2O3. The van der Waals surface area contributed by atoms with E-state index in [9.17, 15) is 4.79 Å². The van der Waals surface area contributed by atoms with E-state index >= 15 is 0 Å². The third-order valence-corrected chi connectivity index (χ3v) is 5.11. The van der Waals surface area contributed by atoms with E-state index in [0.29, 0.717) is 31.3 Å². The predicted molar refractivity (Wildman–Crippen MR) is 100 cm³/mol. The Morgan fingerprint density at radius 3 is 2.65 bits per heavy atom. The molecule has 0 bridgehead atoms. The Morgan fingerprint density at radius 1 is 1.15 bits per heavy atom. The summed E-state index contributed by atoms with van der Waals surface area (Å²) in [5.41, 5.74) is 2.30. The van der Waals surface area contributed by atoms with Gasteiger partial charge < -0.3 is 14.4 Å². The summed E-state index contributed by atoms with van der Waals surface area (Å²) in [5, 5.41) is 0. The Morgan fingerprint density at radius 2 is 1.92 bits per heavy atom. The molecule has 0 unspecified atom stereocenters. The smallest absolute Gasteiger partial charge is 0.222 e. The van der Waals surface area contributed by atoms with E-state index in [-0.39, 0.29) is 5.91 Å². The molecule has 138 valence electrons. The monoisotopic (exact) mass is 354 g/mol. The molecule has 1 saturated heterocycles. The van der Waals surface area contributed by atoms with Crippen molar-refractivity contribution in [1.82, 2.24) is 9.88 Å². The molecule has 2 aromatic rings. The number of aryl methyl sites for hydroxylation is 1. The van der Waals surface area contributed by atoms with Gasteiger partial charge in [-0.3, -0.25) is 9.78 Å². The number of ether oxygens (including phenoxy) is 2. The summed E-state index contributed by atoms with van der Waals surface area (Å²) >= 11 is 0. The minimum Gasteiger partial charge on any atom is -0.496 e. The van der Waals surface area contributed by atoms with Gasteiger partial charge in [-0.15, -0.1) is 0 Å². The highest BCUT2D eigenvalue weighted by Gasteiger charge is 2.35. The van der Waals surface area contributed by atoms with Crippen LogP contribution in [0.4, 0.5) is 0 Å². The van der Waals surface area contributed by atoms with Crippen molar-refractivity contribution < 1.29 is 14.3 Å². The van der Waals surface area contributed by atoms with Gasteiger partial charge in [0.15, 0.2) is 0 Å². The van der Waals surface area contributed by atoms with Crippen LogP contribution in [0.2, 0.25) is 0 Å². The van der Waals surface area contributed by atoms with Crippen molar-refractivity contribution in [2.75, 3.05) is 33.9 Å². The lowest BCUT2D eigenvalue weighted by Crippen LogP contribution is -2.29. The first-order chi connectivity index (χ1) is 12.7. The number of rotatable bonds is 7. The molecule has 0 N–H and O–H groups in total. The number of nitrogens with zero attached hydrogens (tertiary/aromatic N) is 2. The number of benzene rings is 1. The van der Waals surface area contributed by atoms with Gasteiger partial charge in [0, 0.05) is 50.8 Å². The summed E-state index contributed by atoms with van der Waals surface area (Å²) in [5.74, 6) is 1.65. The van der Waals surface area contributed by atoms with Gasteiger partial charge in [0.2, 0.25) is 5.91 Å². The highest BCUT2D eigenvalue weighted by Crippen LogP contribution is 2.33. The van der Waals surface area contributed by atoms with Crippen LogP contribution < -0.4 is 4.74 Å². The van der Waals surface area contributed by atoms with Gasteiger partial charge in [-0.25, -0.2) is 0 Å². The normalized spacial score (nSPS) is 19.5. The molecular weight excluding hydrogens is 328 g/mol. The summed E-state index contributed by atoms with van der Waals surface area (Å²) < 4.78 is 10.8. The first-order valence-corrected chi connectivity index (χ1v) is 9.01. The minimum absolute atomic E-state index is 0.188. The Labute approximate surface area is 155 Å². The van der Waals surface area contributed by atoms with Crippen LogP contribution in [0.5, 0.6) is 5.75 Å². The lowest BCUT2D eigenvalue weighted by Gasteiger charge is -2.17. The Bertz CT molecular complexity index is 720. The molecule has 0 spiro atoms. The fourth-order valence-electron chi connectivity index (χ4n) is 3.76. The van der Waals surface area contributed by atoms with E-state index < -0.39 is 0 Å². The second-order valence-corrected chi connectivity index (χ2v) is 6.71. The van der Waals surface area contributed by atoms with Crippen LogP contribution in [-0.4, -0.2) is 49.7 Å². The van der Waals surface area contributed by atoms with E-state index in [4.69, 9.17) is 9.47 Å². The zero-order valence-corrected chi connectivity index (χ0v) is 15.4. The second-order valence-electron chi connectivity index (χ2n) is 6.71. The number of hydrogen-bond donors (Lipinski definition) is 0. The SMILES string of the molecule is COC[C@@H]1CN(C(=O)CCc2ccccc2OC)C[C@H]1c1ccncc1. The van der Waals surface area contributed by atoms with Crippen LogP contribution in [0, 0.1) is 5.92 Å². The van der Waals surface area contributed by atoms with Crippen LogP contribution in [0.15, 0.2) is 48.8 Å².